The van der Waals surface area contributed by atoms with E-state index in [1.807, 2.05) is 25.1 Å². The molecule has 2 saturated heterocycles. The summed E-state index contributed by atoms with van der Waals surface area (Å²) in [4.78, 5) is 19.7. The van der Waals surface area contributed by atoms with Crippen molar-refractivity contribution in [1.29, 1.82) is 0 Å². The highest BCUT2D eigenvalue weighted by molar-refractivity contribution is 5.81. The lowest BCUT2D eigenvalue weighted by atomic mass is 9.90. The molecule has 2 aliphatic rings. The number of anilines is 1. The van der Waals surface area contributed by atoms with Gasteiger partial charge in [-0.05, 0) is 49.8 Å². The number of likely N-dealkylation sites (tertiary alicyclic amines) is 1. The van der Waals surface area contributed by atoms with Crippen LogP contribution in [-0.4, -0.2) is 66.1 Å². The number of piperazine rings is 1. The lowest BCUT2D eigenvalue weighted by Crippen LogP contribution is -2.55. The molecule has 0 saturated carbocycles. The molecule has 2 aromatic rings. The maximum atomic E-state index is 13.1. The summed E-state index contributed by atoms with van der Waals surface area (Å²) in [5.74, 6) is 1.27. The van der Waals surface area contributed by atoms with E-state index in [0.29, 0.717) is 11.7 Å². The van der Waals surface area contributed by atoms with Gasteiger partial charge in [-0.3, -0.25) is 9.69 Å². The first kappa shape index (κ1) is 20.7. The van der Waals surface area contributed by atoms with E-state index in [-0.39, 0.29) is 11.9 Å². The number of aromatic hydroxyl groups is 1. The Morgan fingerprint density at radius 1 is 0.933 bits per heavy atom. The number of nitrogens with zero attached hydrogens (tertiary/aromatic N) is 3. The maximum absolute atomic E-state index is 13.1. The van der Waals surface area contributed by atoms with Crippen molar-refractivity contribution < 1.29 is 9.90 Å². The topological polar surface area (TPSA) is 47.0 Å². The lowest BCUT2D eigenvalue weighted by Gasteiger charge is -2.41. The van der Waals surface area contributed by atoms with Crippen LogP contribution in [0.1, 0.15) is 25.3 Å². The van der Waals surface area contributed by atoms with Crippen molar-refractivity contribution >= 4 is 11.6 Å². The molecular formula is C25H33N3O2. The van der Waals surface area contributed by atoms with Gasteiger partial charge in [0.2, 0.25) is 5.91 Å². The first-order valence-corrected chi connectivity index (χ1v) is 11.2. The van der Waals surface area contributed by atoms with Crippen LogP contribution in [0.25, 0.3) is 0 Å². The summed E-state index contributed by atoms with van der Waals surface area (Å²) in [6, 6.07) is 18.1. The number of rotatable bonds is 5. The van der Waals surface area contributed by atoms with Gasteiger partial charge in [0.05, 0.1) is 11.7 Å². The number of piperidine rings is 1. The number of carbonyl (C=O) groups excluding carboxylic acids is 1. The summed E-state index contributed by atoms with van der Waals surface area (Å²) in [5, 5.41) is 10.1. The Morgan fingerprint density at radius 3 is 2.23 bits per heavy atom. The molecule has 30 heavy (non-hydrogen) atoms. The smallest absolute Gasteiger partial charge is 0.239 e. The zero-order valence-electron chi connectivity index (χ0n) is 17.9. The third-order valence-corrected chi connectivity index (χ3v) is 6.74. The van der Waals surface area contributed by atoms with E-state index in [2.05, 4.69) is 45.0 Å². The predicted octanol–water partition coefficient (Wildman–Crippen LogP) is 3.38. The fourth-order valence-electron chi connectivity index (χ4n) is 4.81. The molecule has 0 spiro atoms. The van der Waals surface area contributed by atoms with Crippen molar-refractivity contribution in [3.63, 3.8) is 0 Å². The number of hydrogen-bond acceptors (Lipinski definition) is 4. The van der Waals surface area contributed by atoms with Crippen LogP contribution in [0.5, 0.6) is 5.75 Å². The van der Waals surface area contributed by atoms with Crippen LogP contribution in [0.2, 0.25) is 0 Å². The van der Waals surface area contributed by atoms with Gasteiger partial charge < -0.3 is 14.9 Å². The Balaban J connectivity index is 1.25. The molecule has 4 rings (SSSR count). The summed E-state index contributed by atoms with van der Waals surface area (Å²) in [5.41, 5.74) is 2.29. The fourth-order valence-corrected chi connectivity index (χ4v) is 4.81. The van der Waals surface area contributed by atoms with Crippen LogP contribution in [0, 0.1) is 5.92 Å². The van der Waals surface area contributed by atoms with Crippen molar-refractivity contribution in [3.05, 3.63) is 60.2 Å². The van der Waals surface area contributed by atoms with E-state index in [1.165, 1.54) is 5.56 Å². The number of hydrogen-bond donors (Lipinski definition) is 1. The van der Waals surface area contributed by atoms with Gasteiger partial charge in [-0.1, -0.05) is 42.5 Å². The molecule has 5 nitrogen and oxygen atoms in total. The lowest BCUT2D eigenvalue weighted by molar-refractivity contribution is -0.138. The molecule has 0 radical (unpaired) electrons. The molecule has 0 unspecified atom stereocenters. The molecule has 2 aromatic carbocycles. The minimum atomic E-state index is -0.0813. The van der Waals surface area contributed by atoms with E-state index in [1.54, 1.807) is 6.07 Å². The quantitative estimate of drug-likeness (QED) is 0.825. The summed E-state index contributed by atoms with van der Waals surface area (Å²) >= 11 is 0. The molecule has 1 atom stereocenters. The van der Waals surface area contributed by atoms with E-state index >= 15 is 0 Å². The molecule has 0 bridgehead atoms. The molecule has 160 valence electrons. The summed E-state index contributed by atoms with van der Waals surface area (Å²) < 4.78 is 0. The first-order valence-electron chi connectivity index (χ1n) is 11.2. The van der Waals surface area contributed by atoms with Gasteiger partial charge in [0.1, 0.15) is 5.75 Å². The third-order valence-electron chi connectivity index (χ3n) is 6.74. The molecule has 5 heteroatoms. The maximum Gasteiger partial charge on any atom is 0.239 e. The first-order chi connectivity index (χ1) is 14.6. The van der Waals surface area contributed by atoms with E-state index < -0.39 is 0 Å². The van der Waals surface area contributed by atoms with E-state index in [0.717, 1.165) is 64.2 Å². The van der Waals surface area contributed by atoms with Crippen molar-refractivity contribution in [2.24, 2.45) is 5.92 Å². The number of para-hydroxylation sites is 2. The third kappa shape index (κ3) is 4.78. The van der Waals surface area contributed by atoms with Crippen molar-refractivity contribution in [3.8, 4) is 5.75 Å². The number of benzene rings is 2. The number of amides is 1. The van der Waals surface area contributed by atoms with Crippen LogP contribution < -0.4 is 4.90 Å². The Morgan fingerprint density at radius 2 is 1.57 bits per heavy atom. The van der Waals surface area contributed by atoms with E-state index in [9.17, 15) is 9.90 Å². The van der Waals surface area contributed by atoms with Crippen LogP contribution in [-0.2, 0) is 11.2 Å². The summed E-state index contributed by atoms with van der Waals surface area (Å²) in [7, 11) is 0. The molecule has 0 aromatic heterocycles. The highest BCUT2D eigenvalue weighted by Crippen LogP contribution is 2.28. The van der Waals surface area contributed by atoms with Crippen molar-refractivity contribution in [2.45, 2.75) is 32.2 Å². The molecule has 2 fully saturated rings. The zero-order chi connectivity index (χ0) is 20.9. The fraction of sp³-hybridized carbons (Fsp3) is 0.480. The molecular weight excluding hydrogens is 374 g/mol. The van der Waals surface area contributed by atoms with Crippen molar-refractivity contribution in [1.82, 2.24) is 9.80 Å². The van der Waals surface area contributed by atoms with Crippen LogP contribution in [0.15, 0.2) is 54.6 Å². The normalized spacial score (nSPS) is 19.6. The standard InChI is InChI=1S/C25H33N3O2/c1-20(26-15-17-27(18-16-26)23-9-5-6-10-24(23)29)25(30)28-13-11-22(12-14-28)19-21-7-3-2-4-8-21/h2-10,20,22,29H,11-19H2,1H3/t20-/m1/s1. The van der Waals surface area contributed by atoms with Gasteiger partial charge in [-0.25, -0.2) is 0 Å². The zero-order valence-corrected chi connectivity index (χ0v) is 17.9. The van der Waals surface area contributed by atoms with Crippen molar-refractivity contribution in [2.75, 3.05) is 44.2 Å². The monoisotopic (exact) mass is 407 g/mol. The Kier molecular flexibility index (Phi) is 6.58. The van der Waals surface area contributed by atoms with Gasteiger partial charge in [0.25, 0.3) is 0 Å². The second-order valence-electron chi connectivity index (χ2n) is 8.65. The van der Waals surface area contributed by atoms with Gasteiger partial charge >= 0.3 is 0 Å². The van der Waals surface area contributed by atoms with Gasteiger partial charge in [0.15, 0.2) is 0 Å². The molecule has 1 amide bonds. The van der Waals surface area contributed by atoms with Crippen LogP contribution in [0.4, 0.5) is 5.69 Å². The number of carbonyl (C=O) groups is 1. The SMILES string of the molecule is C[C@H](C(=O)N1CCC(Cc2ccccc2)CC1)N1CCN(c2ccccc2O)CC1. The second kappa shape index (κ2) is 9.52. The van der Waals surface area contributed by atoms with Gasteiger partial charge in [0, 0.05) is 39.3 Å². The average molecular weight is 408 g/mol. The minimum Gasteiger partial charge on any atom is -0.506 e. The molecule has 1 N–H and O–H groups in total. The molecule has 2 aliphatic heterocycles. The highest BCUT2D eigenvalue weighted by Gasteiger charge is 2.31. The molecule has 2 heterocycles. The van der Waals surface area contributed by atoms with Gasteiger partial charge in [-0.2, -0.15) is 0 Å². The summed E-state index contributed by atoms with van der Waals surface area (Å²) in [6.45, 7) is 7.13. The van der Waals surface area contributed by atoms with Crippen LogP contribution in [0.3, 0.4) is 0 Å². The highest BCUT2D eigenvalue weighted by atomic mass is 16.3. The minimum absolute atomic E-state index is 0.0813. The Hall–Kier alpha value is -2.53. The largest absolute Gasteiger partial charge is 0.506 e. The predicted molar refractivity (Wildman–Crippen MR) is 121 cm³/mol. The van der Waals surface area contributed by atoms with Gasteiger partial charge in [-0.15, -0.1) is 0 Å². The Bertz CT molecular complexity index is 825. The number of phenolic OH excluding ortho intramolecular Hbond substituents is 1. The van der Waals surface area contributed by atoms with E-state index in [4.69, 9.17) is 0 Å². The second-order valence-corrected chi connectivity index (χ2v) is 8.65. The number of phenols is 1. The summed E-state index contributed by atoms with van der Waals surface area (Å²) in [6.07, 6.45) is 3.30. The molecule has 0 aliphatic carbocycles. The average Bonchev–Trinajstić information content (AvgIpc) is 2.80. The van der Waals surface area contributed by atoms with Crippen LogP contribution >= 0.6 is 0 Å². The Labute approximate surface area is 179 Å².